The molecule has 8 heteroatoms. The van der Waals surface area contributed by atoms with Crippen LogP contribution in [0, 0.1) is 0 Å². The minimum Gasteiger partial charge on any atom is -0.493 e. The number of hydrogen-bond acceptors (Lipinski definition) is 5. The largest absolute Gasteiger partial charge is 0.493 e. The summed E-state index contributed by atoms with van der Waals surface area (Å²) in [6, 6.07) is 31.1. The summed E-state index contributed by atoms with van der Waals surface area (Å²) in [5.74, 6) is 0.999. The molecule has 0 atom stereocenters. The Labute approximate surface area is 249 Å². The van der Waals surface area contributed by atoms with Crippen LogP contribution in [0.25, 0.3) is 22.5 Å². The first kappa shape index (κ1) is 28.8. The summed E-state index contributed by atoms with van der Waals surface area (Å²) >= 11 is 6.19. The number of nitrogens with zero attached hydrogens (tertiary/aromatic N) is 2. The molecule has 0 aliphatic heterocycles. The first-order valence-corrected chi connectivity index (χ1v) is 13.9. The van der Waals surface area contributed by atoms with Gasteiger partial charge in [0.15, 0.2) is 11.5 Å². The molecule has 0 bridgehead atoms. The molecule has 214 valence electrons. The smallest absolute Gasteiger partial charge is 0.303 e. The van der Waals surface area contributed by atoms with Crippen molar-refractivity contribution in [2.75, 3.05) is 14.2 Å². The van der Waals surface area contributed by atoms with E-state index in [2.05, 4.69) is 12.1 Å². The van der Waals surface area contributed by atoms with Gasteiger partial charge in [-0.05, 0) is 65.6 Å². The second-order valence-corrected chi connectivity index (χ2v) is 10.2. The third kappa shape index (κ3) is 6.75. The van der Waals surface area contributed by atoms with Crippen LogP contribution in [0.15, 0.2) is 97.1 Å². The number of halogens is 1. The van der Waals surface area contributed by atoms with Crippen LogP contribution >= 0.6 is 11.6 Å². The van der Waals surface area contributed by atoms with Crippen molar-refractivity contribution < 1.29 is 24.1 Å². The van der Waals surface area contributed by atoms with Gasteiger partial charge in [-0.2, -0.15) is 5.10 Å². The number of rotatable bonds is 12. The molecule has 0 spiro atoms. The molecular formula is C34H31ClN2O5. The Kier molecular flexibility index (Phi) is 9.09. The summed E-state index contributed by atoms with van der Waals surface area (Å²) in [7, 11) is 3.23. The van der Waals surface area contributed by atoms with Gasteiger partial charge in [0, 0.05) is 22.6 Å². The summed E-state index contributed by atoms with van der Waals surface area (Å²) in [4.78, 5) is 11.3. The Morgan fingerprint density at radius 3 is 2.33 bits per heavy atom. The summed E-state index contributed by atoms with van der Waals surface area (Å²) in [6.45, 7) is 0.831. The van der Waals surface area contributed by atoms with Crippen LogP contribution in [0.4, 0.5) is 0 Å². The zero-order chi connectivity index (χ0) is 29.5. The number of benzene rings is 4. The Morgan fingerprint density at radius 1 is 0.810 bits per heavy atom. The van der Waals surface area contributed by atoms with Crippen molar-refractivity contribution in [3.05, 3.63) is 119 Å². The first-order valence-electron chi connectivity index (χ1n) is 13.5. The molecule has 1 aromatic heterocycles. The lowest BCUT2D eigenvalue weighted by Crippen LogP contribution is -2.05. The fourth-order valence-electron chi connectivity index (χ4n) is 4.83. The van der Waals surface area contributed by atoms with Crippen molar-refractivity contribution in [3.63, 3.8) is 0 Å². The highest BCUT2D eigenvalue weighted by atomic mass is 35.5. The van der Waals surface area contributed by atoms with Gasteiger partial charge in [0.1, 0.15) is 12.4 Å². The monoisotopic (exact) mass is 582 g/mol. The van der Waals surface area contributed by atoms with Gasteiger partial charge >= 0.3 is 5.97 Å². The fraction of sp³-hybridized carbons (Fsp3) is 0.176. The number of para-hydroxylation sites is 1. The van der Waals surface area contributed by atoms with Crippen LogP contribution in [0.5, 0.6) is 17.2 Å². The van der Waals surface area contributed by atoms with Crippen LogP contribution in [-0.2, 0) is 24.4 Å². The van der Waals surface area contributed by atoms with E-state index in [0.717, 1.165) is 33.5 Å². The molecule has 1 heterocycles. The van der Waals surface area contributed by atoms with Gasteiger partial charge in [-0.25, -0.2) is 0 Å². The lowest BCUT2D eigenvalue weighted by molar-refractivity contribution is -0.136. The number of hydrogen-bond donors (Lipinski definition) is 1. The number of ether oxygens (including phenoxy) is 3. The molecule has 0 aliphatic rings. The topological polar surface area (TPSA) is 82.8 Å². The summed E-state index contributed by atoms with van der Waals surface area (Å²) < 4.78 is 19.6. The van der Waals surface area contributed by atoms with E-state index in [1.54, 1.807) is 14.2 Å². The van der Waals surface area contributed by atoms with Gasteiger partial charge < -0.3 is 19.3 Å². The number of methoxy groups -OCH3 is 2. The van der Waals surface area contributed by atoms with Gasteiger partial charge in [0.25, 0.3) is 0 Å². The molecule has 42 heavy (non-hydrogen) atoms. The molecule has 0 radical (unpaired) electrons. The zero-order valence-electron chi connectivity index (χ0n) is 23.4. The summed E-state index contributed by atoms with van der Waals surface area (Å²) in [6.07, 6.45) is 0.412. The highest BCUT2D eigenvalue weighted by molar-refractivity contribution is 6.30. The summed E-state index contributed by atoms with van der Waals surface area (Å²) in [5, 5.41) is 15.0. The van der Waals surface area contributed by atoms with Crippen molar-refractivity contribution in [2.24, 2.45) is 0 Å². The molecule has 0 fully saturated rings. The molecule has 4 aromatic carbocycles. The number of carboxylic acids is 1. The van der Waals surface area contributed by atoms with Crippen molar-refractivity contribution in [1.82, 2.24) is 9.78 Å². The van der Waals surface area contributed by atoms with E-state index in [-0.39, 0.29) is 6.42 Å². The molecule has 0 unspecified atom stereocenters. The Morgan fingerprint density at radius 2 is 1.60 bits per heavy atom. The predicted molar refractivity (Wildman–Crippen MR) is 163 cm³/mol. The molecule has 1 N–H and O–H groups in total. The second-order valence-electron chi connectivity index (χ2n) is 9.74. The third-order valence-corrected chi connectivity index (χ3v) is 7.10. The van der Waals surface area contributed by atoms with E-state index in [4.69, 9.17) is 30.9 Å². The van der Waals surface area contributed by atoms with Crippen LogP contribution in [0.2, 0.25) is 5.02 Å². The molecule has 5 aromatic rings. The average molecular weight is 583 g/mol. The lowest BCUT2D eigenvalue weighted by atomic mass is 10.0. The van der Waals surface area contributed by atoms with Gasteiger partial charge in [-0.15, -0.1) is 0 Å². The molecule has 0 saturated heterocycles. The minimum absolute atomic E-state index is 0.0247. The maximum Gasteiger partial charge on any atom is 0.303 e. The fourth-order valence-corrected chi connectivity index (χ4v) is 5.04. The molecule has 7 nitrogen and oxygen atoms in total. The zero-order valence-corrected chi connectivity index (χ0v) is 24.2. The highest BCUT2D eigenvalue weighted by Crippen LogP contribution is 2.41. The van der Waals surface area contributed by atoms with E-state index >= 15 is 0 Å². The normalized spacial score (nSPS) is 10.8. The number of carbonyl (C=O) groups is 1. The Balaban J connectivity index is 1.62. The van der Waals surface area contributed by atoms with E-state index < -0.39 is 5.97 Å². The van der Waals surface area contributed by atoms with Crippen molar-refractivity contribution in [2.45, 2.75) is 26.0 Å². The van der Waals surface area contributed by atoms with Gasteiger partial charge in [-0.3, -0.25) is 9.48 Å². The quantitative estimate of drug-likeness (QED) is 0.164. The van der Waals surface area contributed by atoms with E-state index in [1.165, 1.54) is 0 Å². The van der Waals surface area contributed by atoms with E-state index in [0.29, 0.717) is 47.5 Å². The maximum absolute atomic E-state index is 11.3. The van der Waals surface area contributed by atoms with E-state index in [1.807, 2.05) is 89.6 Å². The third-order valence-electron chi connectivity index (χ3n) is 6.86. The minimum atomic E-state index is -0.850. The van der Waals surface area contributed by atoms with Crippen LogP contribution in [-0.4, -0.2) is 35.1 Å². The van der Waals surface area contributed by atoms with Gasteiger partial charge in [0.2, 0.25) is 0 Å². The SMILES string of the molecule is COc1cccc(-c2cc(-c3cc(CCC(=O)O)ccc3OCc3cccc(Cl)c3)nn2Cc2ccccc2)c1OC. The number of aliphatic carboxylic acids is 1. The second kappa shape index (κ2) is 13.3. The van der Waals surface area contributed by atoms with Gasteiger partial charge in [-0.1, -0.05) is 66.2 Å². The molecule has 0 amide bonds. The molecule has 5 rings (SSSR count). The van der Waals surface area contributed by atoms with Crippen molar-refractivity contribution in [3.8, 4) is 39.8 Å². The maximum atomic E-state index is 11.3. The summed E-state index contributed by atoms with van der Waals surface area (Å²) in [5.41, 5.74) is 6.00. The molecule has 0 aliphatic carbocycles. The Bertz CT molecular complexity index is 1680. The van der Waals surface area contributed by atoms with Crippen molar-refractivity contribution >= 4 is 17.6 Å². The van der Waals surface area contributed by atoms with Gasteiger partial charge in [0.05, 0.1) is 32.2 Å². The Hall–Kier alpha value is -4.75. The van der Waals surface area contributed by atoms with Crippen LogP contribution < -0.4 is 14.2 Å². The van der Waals surface area contributed by atoms with E-state index in [9.17, 15) is 9.90 Å². The number of aryl methyl sites for hydroxylation is 1. The number of carboxylic acid groups (broad SMARTS) is 1. The lowest BCUT2D eigenvalue weighted by Gasteiger charge is -2.14. The van der Waals surface area contributed by atoms with Crippen molar-refractivity contribution in [1.29, 1.82) is 0 Å². The average Bonchev–Trinajstić information content (AvgIpc) is 3.42. The van der Waals surface area contributed by atoms with Crippen LogP contribution in [0.3, 0.4) is 0 Å². The number of aromatic nitrogens is 2. The highest BCUT2D eigenvalue weighted by Gasteiger charge is 2.20. The molecular weight excluding hydrogens is 552 g/mol. The standard InChI is InChI=1S/C34H31ClN2O5/c1-40-32-13-7-12-27(34(32)41-2)30-20-29(36-37(30)21-24-8-4-3-5-9-24)28-19-23(15-17-33(38)39)14-16-31(28)42-22-25-10-6-11-26(35)18-25/h3-14,16,18-20H,15,17,21-22H2,1-2H3,(H,38,39). The predicted octanol–water partition coefficient (Wildman–Crippen LogP) is 7.53. The first-order chi connectivity index (χ1) is 20.4. The molecule has 0 saturated carbocycles. The van der Waals surface area contributed by atoms with Crippen LogP contribution in [0.1, 0.15) is 23.1 Å².